The van der Waals surface area contributed by atoms with Crippen molar-refractivity contribution in [2.45, 2.75) is 57.4 Å². The van der Waals surface area contributed by atoms with Crippen LogP contribution in [0.2, 0.25) is 0 Å². The van der Waals surface area contributed by atoms with Gasteiger partial charge in [0.15, 0.2) is 0 Å². The molecule has 1 saturated heterocycles. The van der Waals surface area contributed by atoms with Crippen molar-refractivity contribution in [3.05, 3.63) is 77.1 Å². The van der Waals surface area contributed by atoms with Crippen LogP contribution in [0.15, 0.2) is 54.9 Å². The summed E-state index contributed by atoms with van der Waals surface area (Å²) in [4.78, 5) is 15.8. The lowest BCUT2D eigenvalue weighted by Gasteiger charge is -2.55. The maximum absolute atomic E-state index is 13.0. The monoisotopic (exact) mass is 468 g/mol. The third-order valence-electron chi connectivity index (χ3n) is 9.06. The summed E-state index contributed by atoms with van der Waals surface area (Å²) in [5.41, 5.74) is 7.26. The third-order valence-corrected chi connectivity index (χ3v) is 9.06. The zero-order chi connectivity index (χ0) is 24.0. The Kier molecular flexibility index (Phi) is 5.76. The number of nitrogens with zero attached hydrogens (tertiary/aromatic N) is 2. The summed E-state index contributed by atoms with van der Waals surface area (Å²) in [6.07, 6.45) is 9.68. The Morgan fingerprint density at radius 3 is 2.74 bits per heavy atom. The fourth-order valence-corrected chi connectivity index (χ4v) is 6.40. The molecule has 5 nitrogen and oxygen atoms in total. The second-order valence-corrected chi connectivity index (χ2v) is 11.2. The van der Waals surface area contributed by atoms with Gasteiger partial charge in [0, 0.05) is 36.5 Å². The van der Waals surface area contributed by atoms with Crippen LogP contribution in [0.5, 0.6) is 0 Å². The average Bonchev–Trinajstić information content (AvgIpc) is 3.52. The molecule has 1 unspecified atom stereocenters. The van der Waals surface area contributed by atoms with Crippen molar-refractivity contribution >= 4 is 5.91 Å². The molecule has 0 radical (unpaired) electrons. The van der Waals surface area contributed by atoms with Crippen LogP contribution in [0.4, 0.5) is 0 Å². The molecule has 1 amide bonds. The summed E-state index contributed by atoms with van der Waals surface area (Å²) in [7, 11) is 0. The third kappa shape index (κ3) is 4.31. The highest BCUT2D eigenvalue weighted by Crippen LogP contribution is 2.49. The van der Waals surface area contributed by atoms with Crippen molar-refractivity contribution in [1.82, 2.24) is 20.4 Å². The van der Waals surface area contributed by atoms with Crippen molar-refractivity contribution in [3.63, 3.8) is 0 Å². The van der Waals surface area contributed by atoms with Crippen LogP contribution in [0.25, 0.3) is 11.1 Å². The number of amides is 1. The fraction of sp³-hybridized carbons (Fsp3) is 0.467. The van der Waals surface area contributed by atoms with Gasteiger partial charge >= 0.3 is 0 Å². The number of benzene rings is 2. The molecule has 1 saturated carbocycles. The number of rotatable bonds is 7. The molecule has 3 aromatic rings. The second-order valence-electron chi connectivity index (χ2n) is 11.2. The minimum absolute atomic E-state index is 0.0346. The molecule has 2 aromatic carbocycles. The first-order valence-corrected chi connectivity index (χ1v) is 13.2. The normalized spacial score (nSPS) is 25.8. The van der Waals surface area contributed by atoms with Crippen LogP contribution in [0.1, 0.15) is 60.2 Å². The number of likely N-dealkylation sites (tertiary alicyclic amines) is 1. The van der Waals surface area contributed by atoms with Gasteiger partial charge in [0.25, 0.3) is 5.91 Å². The Morgan fingerprint density at radius 2 is 2.00 bits per heavy atom. The number of nitrogens with one attached hydrogen (secondary N) is 2. The summed E-state index contributed by atoms with van der Waals surface area (Å²) < 4.78 is 0. The number of aromatic nitrogens is 2. The highest BCUT2D eigenvalue weighted by Gasteiger charge is 2.49. The van der Waals surface area contributed by atoms with Gasteiger partial charge in [-0.15, -0.1) is 0 Å². The van der Waals surface area contributed by atoms with Gasteiger partial charge in [0.05, 0.1) is 6.20 Å². The number of piperidine rings is 1. The number of fused-ring (bicyclic) bond motifs is 4. The van der Waals surface area contributed by atoms with E-state index >= 15 is 0 Å². The number of aromatic amines is 1. The van der Waals surface area contributed by atoms with Crippen molar-refractivity contribution < 1.29 is 4.79 Å². The van der Waals surface area contributed by atoms with Crippen LogP contribution in [-0.4, -0.2) is 46.7 Å². The summed E-state index contributed by atoms with van der Waals surface area (Å²) in [6, 6.07) is 15.6. The van der Waals surface area contributed by atoms with Gasteiger partial charge in [-0.2, -0.15) is 5.10 Å². The van der Waals surface area contributed by atoms with E-state index in [1.165, 1.54) is 49.0 Å². The van der Waals surface area contributed by atoms with Crippen LogP contribution in [0, 0.1) is 11.8 Å². The van der Waals surface area contributed by atoms with Crippen LogP contribution < -0.4 is 5.32 Å². The first kappa shape index (κ1) is 22.5. The highest BCUT2D eigenvalue weighted by molar-refractivity contribution is 5.94. The molecule has 35 heavy (non-hydrogen) atoms. The molecule has 1 aliphatic heterocycles. The van der Waals surface area contributed by atoms with Crippen molar-refractivity contribution in [1.29, 1.82) is 0 Å². The molecule has 1 aromatic heterocycles. The molecular weight excluding hydrogens is 432 g/mol. The number of carbonyl (C=O) groups excluding carboxylic acids is 1. The summed E-state index contributed by atoms with van der Waals surface area (Å²) in [5.74, 6) is 1.59. The molecule has 5 heteroatoms. The number of H-pyrrole nitrogens is 1. The molecule has 2 fully saturated rings. The van der Waals surface area contributed by atoms with Gasteiger partial charge in [-0.25, -0.2) is 0 Å². The lowest BCUT2D eigenvalue weighted by molar-refractivity contribution is 0.0284. The van der Waals surface area contributed by atoms with Crippen molar-refractivity contribution in [2.24, 2.45) is 11.8 Å². The molecule has 6 rings (SSSR count). The van der Waals surface area contributed by atoms with Gasteiger partial charge in [0.2, 0.25) is 0 Å². The Morgan fingerprint density at radius 1 is 1.17 bits per heavy atom. The summed E-state index contributed by atoms with van der Waals surface area (Å²) in [6.45, 7) is 7.99. The van der Waals surface area contributed by atoms with E-state index in [0.717, 1.165) is 35.4 Å². The zero-order valence-electron chi connectivity index (χ0n) is 20.9. The quantitative estimate of drug-likeness (QED) is 0.514. The smallest absolute Gasteiger partial charge is 0.251 e. The minimum atomic E-state index is 0.0346. The maximum Gasteiger partial charge on any atom is 0.251 e. The minimum Gasteiger partial charge on any atom is -0.352 e. The van der Waals surface area contributed by atoms with E-state index in [9.17, 15) is 4.79 Å². The van der Waals surface area contributed by atoms with E-state index in [1.54, 1.807) is 0 Å². The first-order chi connectivity index (χ1) is 17.0. The van der Waals surface area contributed by atoms with Crippen LogP contribution in [-0.2, 0) is 18.3 Å². The highest BCUT2D eigenvalue weighted by atomic mass is 16.1. The molecule has 2 bridgehead atoms. The number of hydrogen-bond acceptors (Lipinski definition) is 3. The summed E-state index contributed by atoms with van der Waals surface area (Å²) >= 11 is 0. The lowest BCUT2D eigenvalue weighted by atomic mass is 9.59. The van der Waals surface area contributed by atoms with E-state index in [2.05, 4.69) is 70.7 Å². The van der Waals surface area contributed by atoms with Crippen LogP contribution >= 0.6 is 0 Å². The van der Waals surface area contributed by atoms with Gasteiger partial charge < -0.3 is 5.32 Å². The Bertz CT molecular complexity index is 1200. The van der Waals surface area contributed by atoms with Gasteiger partial charge in [-0.05, 0) is 90.3 Å². The van der Waals surface area contributed by atoms with Gasteiger partial charge in [-0.1, -0.05) is 44.2 Å². The van der Waals surface area contributed by atoms with E-state index in [1.807, 2.05) is 18.5 Å². The van der Waals surface area contributed by atoms with Gasteiger partial charge in [-0.3, -0.25) is 14.8 Å². The lowest BCUT2D eigenvalue weighted by Crippen LogP contribution is -2.58. The molecule has 2 aliphatic carbocycles. The SMILES string of the molecule is C[C@H]1C2Cc3ccc(C(=O)NCCc4ccc(-c5cn[nH]c5)cc4)cc3[C@]1(C)CCN2CC1CC1. The Labute approximate surface area is 208 Å². The average molecular weight is 469 g/mol. The number of hydrogen-bond donors (Lipinski definition) is 2. The topological polar surface area (TPSA) is 61.0 Å². The van der Waals surface area contributed by atoms with Crippen molar-refractivity contribution in [3.8, 4) is 11.1 Å². The maximum atomic E-state index is 13.0. The van der Waals surface area contributed by atoms with E-state index in [-0.39, 0.29) is 11.3 Å². The van der Waals surface area contributed by atoms with E-state index in [0.29, 0.717) is 18.5 Å². The molecule has 3 aliphatic rings. The second kappa shape index (κ2) is 8.94. The molecule has 0 spiro atoms. The molecule has 182 valence electrons. The molecule has 3 atom stereocenters. The van der Waals surface area contributed by atoms with Crippen LogP contribution in [0.3, 0.4) is 0 Å². The molecule has 2 heterocycles. The predicted molar refractivity (Wildman–Crippen MR) is 139 cm³/mol. The molecular formula is C30H36N4O. The van der Waals surface area contributed by atoms with E-state index < -0.39 is 0 Å². The Balaban J connectivity index is 1.10. The zero-order valence-corrected chi connectivity index (χ0v) is 20.9. The predicted octanol–water partition coefficient (Wildman–Crippen LogP) is 4.98. The largest absolute Gasteiger partial charge is 0.352 e. The standard InChI is InChI=1S/C30H36N4O/c1-20-28-16-24-9-10-25(15-27(24)30(20,2)12-14-34(28)19-22-3-4-22)29(35)31-13-11-21-5-7-23(8-6-21)26-17-32-33-18-26/h5-10,15,17-18,20,22,28H,3-4,11-14,16,19H2,1-2H3,(H,31,35)(H,32,33)/t20-,28?,30+/m0/s1. The summed E-state index contributed by atoms with van der Waals surface area (Å²) in [5, 5.41) is 10.0. The number of carbonyl (C=O) groups is 1. The van der Waals surface area contributed by atoms with E-state index in [4.69, 9.17) is 0 Å². The van der Waals surface area contributed by atoms with Gasteiger partial charge in [0.1, 0.15) is 0 Å². The fourth-order valence-electron chi connectivity index (χ4n) is 6.40. The molecule has 2 N–H and O–H groups in total. The van der Waals surface area contributed by atoms with Crippen molar-refractivity contribution in [2.75, 3.05) is 19.6 Å². The first-order valence-electron chi connectivity index (χ1n) is 13.2. The Hall–Kier alpha value is -2.92.